The number of halogens is 1. The summed E-state index contributed by atoms with van der Waals surface area (Å²) in [5.74, 6) is 3.59. The summed E-state index contributed by atoms with van der Waals surface area (Å²) in [6.07, 6.45) is 7.42. The van der Waals surface area contributed by atoms with Crippen molar-refractivity contribution in [2.45, 2.75) is 66.2 Å². The van der Waals surface area contributed by atoms with Gasteiger partial charge in [-0.1, -0.05) is 53.9 Å². The van der Waals surface area contributed by atoms with Gasteiger partial charge in [0.1, 0.15) is 5.82 Å². The summed E-state index contributed by atoms with van der Waals surface area (Å²) >= 11 is 4.75. The van der Waals surface area contributed by atoms with Gasteiger partial charge in [0.25, 0.3) is 0 Å². The summed E-state index contributed by atoms with van der Waals surface area (Å²) in [5, 5.41) is 8.46. The Hall–Kier alpha value is -1.12. The first-order chi connectivity index (χ1) is 15.0. The molecule has 4 aliphatic rings. The Morgan fingerprint density at radius 2 is 1.65 bits per heavy atom. The van der Waals surface area contributed by atoms with Gasteiger partial charge in [0.15, 0.2) is 8.68 Å². The second-order valence-corrected chi connectivity index (χ2v) is 13.0. The Morgan fingerprint density at radius 3 is 2.23 bits per heavy atom. The molecule has 1 aromatic heterocycles. The monoisotopic (exact) mass is 477 g/mol. The number of amides is 1. The minimum Gasteiger partial charge on any atom is -0.332 e. The lowest BCUT2D eigenvalue weighted by Gasteiger charge is -2.60. The molecule has 8 heteroatoms. The van der Waals surface area contributed by atoms with Crippen molar-refractivity contribution in [3.63, 3.8) is 0 Å². The van der Waals surface area contributed by atoms with Crippen LogP contribution < -0.4 is 0 Å². The number of carbonyl (C=O) groups excluding carboxylic acids is 1. The van der Waals surface area contributed by atoms with Crippen LogP contribution in [0.4, 0.5) is 4.39 Å². The molecule has 1 amide bonds. The normalized spacial score (nSPS) is 28.8. The van der Waals surface area contributed by atoms with Crippen molar-refractivity contribution in [3.8, 4) is 0 Å². The Labute approximate surface area is 195 Å². The first-order valence-corrected chi connectivity index (χ1v) is 14.0. The number of nitrogens with zero attached hydrogens (tertiary/aromatic N) is 3. The Morgan fingerprint density at radius 1 is 1.06 bits per heavy atom. The Balaban J connectivity index is 1.35. The van der Waals surface area contributed by atoms with Crippen molar-refractivity contribution in [1.82, 2.24) is 15.1 Å². The maximum absolute atomic E-state index is 13.6. The van der Waals surface area contributed by atoms with Crippen LogP contribution in [0, 0.1) is 23.6 Å². The summed E-state index contributed by atoms with van der Waals surface area (Å²) in [6.45, 7) is 2.67. The highest BCUT2D eigenvalue weighted by Gasteiger charge is 2.54. The molecular formula is C23H28FN3OS3. The molecule has 166 valence electrons. The molecule has 6 rings (SSSR count). The number of rotatable bonds is 8. The van der Waals surface area contributed by atoms with Gasteiger partial charge in [0.05, 0.1) is 5.75 Å². The van der Waals surface area contributed by atoms with Crippen LogP contribution in [0.1, 0.15) is 51.0 Å². The average molecular weight is 478 g/mol. The number of thioether (sulfide) groups is 2. The third-order valence-corrected chi connectivity index (χ3v) is 10.2. The minimum atomic E-state index is -0.232. The number of benzene rings is 1. The molecule has 4 aliphatic carbocycles. The van der Waals surface area contributed by atoms with E-state index in [1.165, 1.54) is 43.2 Å². The van der Waals surface area contributed by atoms with Crippen molar-refractivity contribution >= 4 is 40.8 Å². The quantitative estimate of drug-likeness (QED) is 0.444. The van der Waals surface area contributed by atoms with E-state index < -0.39 is 0 Å². The average Bonchev–Trinajstić information content (AvgIpc) is 3.18. The zero-order chi connectivity index (χ0) is 21.4. The molecule has 4 saturated carbocycles. The molecule has 1 heterocycles. The summed E-state index contributed by atoms with van der Waals surface area (Å²) in [6, 6.07) is 6.64. The Kier molecular flexibility index (Phi) is 6.32. The lowest BCUT2D eigenvalue weighted by Crippen LogP contribution is -2.61. The SMILES string of the molecule is CCSc1nnc(SCC(=O)N(Cc2ccc(F)cc2)C23CC4CC(CC(C4)C2)C3)s1. The number of hydrogen-bond donors (Lipinski definition) is 0. The van der Waals surface area contributed by atoms with E-state index in [2.05, 4.69) is 22.0 Å². The zero-order valence-corrected chi connectivity index (χ0v) is 20.2. The lowest BCUT2D eigenvalue weighted by atomic mass is 9.52. The van der Waals surface area contributed by atoms with Gasteiger partial charge in [0, 0.05) is 12.1 Å². The third kappa shape index (κ3) is 4.67. The molecule has 2 aromatic rings. The highest BCUT2D eigenvalue weighted by atomic mass is 32.2. The second-order valence-electron chi connectivity index (χ2n) is 9.30. The molecule has 0 atom stereocenters. The predicted molar refractivity (Wildman–Crippen MR) is 125 cm³/mol. The molecule has 0 unspecified atom stereocenters. The van der Waals surface area contributed by atoms with Crippen molar-refractivity contribution in [1.29, 1.82) is 0 Å². The highest BCUT2D eigenvalue weighted by molar-refractivity contribution is 8.03. The van der Waals surface area contributed by atoms with Crippen LogP contribution in [0.2, 0.25) is 0 Å². The van der Waals surface area contributed by atoms with Crippen LogP contribution in [0.25, 0.3) is 0 Å². The topological polar surface area (TPSA) is 46.1 Å². The van der Waals surface area contributed by atoms with Crippen molar-refractivity contribution in [3.05, 3.63) is 35.6 Å². The fourth-order valence-corrected chi connectivity index (χ4v) is 9.12. The van der Waals surface area contributed by atoms with Gasteiger partial charge >= 0.3 is 0 Å². The lowest BCUT2D eigenvalue weighted by molar-refractivity contribution is -0.149. The molecule has 4 bridgehead atoms. The first kappa shape index (κ1) is 21.7. The van der Waals surface area contributed by atoms with Gasteiger partial charge in [-0.3, -0.25) is 4.79 Å². The minimum absolute atomic E-state index is 0.0227. The van der Waals surface area contributed by atoms with Gasteiger partial charge in [0.2, 0.25) is 5.91 Å². The summed E-state index contributed by atoms with van der Waals surface area (Å²) < 4.78 is 15.3. The molecule has 0 N–H and O–H groups in total. The number of aromatic nitrogens is 2. The number of carbonyl (C=O) groups is 1. The van der Waals surface area contributed by atoms with Crippen LogP contribution in [0.15, 0.2) is 32.9 Å². The zero-order valence-electron chi connectivity index (χ0n) is 17.8. The maximum atomic E-state index is 13.6. The van der Waals surface area contributed by atoms with Crippen LogP contribution in [-0.4, -0.2) is 38.0 Å². The van der Waals surface area contributed by atoms with E-state index in [1.807, 2.05) is 12.1 Å². The molecule has 0 spiro atoms. The molecular weight excluding hydrogens is 449 g/mol. The Bertz CT molecular complexity index is 897. The molecule has 4 fully saturated rings. The molecule has 4 nitrogen and oxygen atoms in total. The second kappa shape index (κ2) is 9.02. The molecule has 0 aliphatic heterocycles. The summed E-state index contributed by atoms with van der Waals surface area (Å²) in [5.41, 5.74) is 0.985. The van der Waals surface area contributed by atoms with Gasteiger partial charge in [-0.2, -0.15) is 0 Å². The third-order valence-electron chi connectivity index (χ3n) is 7.11. The largest absolute Gasteiger partial charge is 0.332 e. The van der Waals surface area contributed by atoms with E-state index in [9.17, 15) is 9.18 Å². The van der Waals surface area contributed by atoms with Crippen LogP contribution in [0.3, 0.4) is 0 Å². The van der Waals surface area contributed by atoms with Gasteiger partial charge < -0.3 is 4.90 Å². The molecule has 0 saturated heterocycles. The smallest absolute Gasteiger partial charge is 0.233 e. The fraction of sp³-hybridized carbons (Fsp3) is 0.609. The van der Waals surface area contributed by atoms with E-state index in [0.717, 1.165) is 57.0 Å². The van der Waals surface area contributed by atoms with Crippen molar-refractivity contribution in [2.75, 3.05) is 11.5 Å². The van der Waals surface area contributed by atoms with Crippen molar-refractivity contribution < 1.29 is 9.18 Å². The van der Waals surface area contributed by atoms with Gasteiger partial charge in [-0.05, 0) is 79.7 Å². The van der Waals surface area contributed by atoms with Gasteiger partial charge in [-0.15, -0.1) is 10.2 Å². The van der Waals surface area contributed by atoms with Crippen LogP contribution in [-0.2, 0) is 11.3 Å². The number of hydrogen-bond acceptors (Lipinski definition) is 6. The van der Waals surface area contributed by atoms with E-state index in [1.54, 1.807) is 23.1 Å². The molecule has 1 aromatic carbocycles. The van der Waals surface area contributed by atoms with Crippen LogP contribution in [0.5, 0.6) is 0 Å². The van der Waals surface area contributed by atoms with Gasteiger partial charge in [-0.25, -0.2) is 4.39 Å². The standard InChI is InChI=1S/C23H28FN3OS3/c1-2-29-21-25-26-22(31-21)30-14-20(28)27(13-15-3-5-19(24)6-4-15)23-10-16-7-17(11-23)9-18(8-16)12-23/h3-6,16-18H,2,7-14H2,1H3. The summed E-state index contributed by atoms with van der Waals surface area (Å²) in [7, 11) is 0. The maximum Gasteiger partial charge on any atom is 0.233 e. The molecule has 0 radical (unpaired) electrons. The van der Waals surface area contributed by atoms with E-state index >= 15 is 0 Å². The highest BCUT2D eigenvalue weighted by Crippen LogP contribution is 2.58. The van der Waals surface area contributed by atoms with E-state index in [0.29, 0.717) is 12.3 Å². The first-order valence-electron chi connectivity index (χ1n) is 11.2. The fourth-order valence-electron chi connectivity index (χ4n) is 6.33. The van der Waals surface area contributed by atoms with E-state index in [4.69, 9.17) is 0 Å². The van der Waals surface area contributed by atoms with E-state index in [-0.39, 0.29) is 17.3 Å². The molecule has 31 heavy (non-hydrogen) atoms. The van der Waals surface area contributed by atoms with Crippen LogP contribution >= 0.6 is 34.9 Å². The predicted octanol–water partition coefficient (Wildman–Crippen LogP) is 5.88. The van der Waals surface area contributed by atoms with Crippen molar-refractivity contribution in [2.24, 2.45) is 17.8 Å². The summed E-state index contributed by atoms with van der Waals surface area (Å²) in [4.78, 5) is 15.8.